The lowest BCUT2D eigenvalue weighted by Gasteiger charge is -2.22. The molecule has 0 heterocycles. The third-order valence-corrected chi connectivity index (χ3v) is 4.29. The summed E-state index contributed by atoms with van der Waals surface area (Å²) in [5.74, 6) is 1.26. The number of amides is 1. The maximum atomic E-state index is 13.0. The Morgan fingerprint density at radius 1 is 0.889 bits per heavy atom. The van der Waals surface area contributed by atoms with Crippen molar-refractivity contribution in [1.82, 2.24) is 4.90 Å². The second kappa shape index (κ2) is 9.86. The van der Waals surface area contributed by atoms with Crippen LogP contribution >= 0.6 is 0 Å². The number of ether oxygens (including phenoxy) is 2. The second-order valence-electron chi connectivity index (χ2n) is 6.41. The molecule has 5 nitrogen and oxygen atoms in total. The number of benzene rings is 2. The standard InChI is InChI=1S/C22H30N2O3/c1-6-24(16-17-9-12-19(13-10-17)23(4)5)22(25)18-11-14-20(26-7-2)21(15-18)27-8-3/h9-15H,6-8,16H2,1-5H3. The molecule has 0 fully saturated rings. The topological polar surface area (TPSA) is 42.0 Å². The van der Waals surface area contributed by atoms with Crippen molar-refractivity contribution in [3.8, 4) is 11.5 Å². The lowest BCUT2D eigenvalue weighted by molar-refractivity contribution is 0.0752. The molecule has 27 heavy (non-hydrogen) atoms. The van der Waals surface area contributed by atoms with Crippen LogP contribution < -0.4 is 14.4 Å². The molecule has 0 radical (unpaired) electrons. The molecule has 0 spiro atoms. The summed E-state index contributed by atoms with van der Waals surface area (Å²) in [7, 11) is 4.03. The largest absolute Gasteiger partial charge is 0.490 e. The highest BCUT2D eigenvalue weighted by Gasteiger charge is 2.17. The highest BCUT2D eigenvalue weighted by molar-refractivity contribution is 5.95. The van der Waals surface area contributed by atoms with Crippen LogP contribution in [0.3, 0.4) is 0 Å². The quantitative estimate of drug-likeness (QED) is 0.663. The van der Waals surface area contributed by atoms with E-state index >= 15 is 0 Å². The molecule has 2 rings (SSSR count). The maximum Gasteiger partial charge on any atom is 0.254 e. The van der Waals surface area contributed by atoms with Gasteiger partial charge in [-0.1, -0.05) is 12.1 Å². The van der Waals surface area contributed by atoms with Gasteiger partial charge < -0.3 is 19.3 Å². The van der Waals surface area contributed by atoms with Crippen LogP contribution in [-0.2, 0) is 6.54 Å². The fourth-order valence-electron chi connectivity index (χ4n) is 2.81. The molecule has 0 aliphatic rings. The molecule has 1 amide bonds. The SMILES string of the molecule is CCOc1ccc(C(=O)N(CC)Cc2ccc(N(C)C)cc2)cc1OCC. The number of rotatable bonds is 9. The fraction of sp³-hybridized carbons (Fsp3) is 0.409. The van der Waals surface area contributed by atoms with Crippen LogP contribution in [0.15, 0.2) is 42.5 Å². The van der Waals surface area contributed by atoms with Crippen molar-refractivity contribution in [1.29, 1.82) is 0 Å². The van der Waals surface area contributed by atoms with E-state index in [0.717, 1.165) is 11.3 Å². The van der Waals surface area contributed by atoms with Crippen LogP contribution in [0.2, 0.25) is 0 Å². The molecular weight excluding hydrogens is 340 g/mol. The fourth-order valence-corrected chi connectivity index (χ4v) is 2.81. The Morgan fingerprint density at radius 3 is 2.07 bits per heavy atom. The monoisotopic (exact) mass is 370 g/mol. The summed E-state index contributed by atoms with van der Waals surface area (Å²) in [5.41, 5.74) is 2.85. The third kappa shape index (κ3) is 5.39. The lowest BCUT2D eigenvalue weighted by Crippen LogP contribution is -2.30. The Morgan fingerprint density at radius 2 is 1.52 bits per heavy atom. The molecule has 0 saturated carbocycles. The van der Waals surface area contributed by atoms with Gasteiger partial charge >= 0.3 is 0 Å². The van der Waals surface area contributed by atoms with E-state index in [0.29, 0.717) is 43.4 Å². The predicted molar refractivity (Wildman–Crippen MR) is 110 cm³/mol. The molecule has 5 heteroatoms. The normalized spacial score (nSPS) is 10.4. The third-order valence-electron chi connectivity index (χ3n) is 4.29. The van der Waals surface area contributed by atoms with Crippen molar-refractivity contribution in [2.24, 2.45) is 0 Å². The Kier molecular flexibility index (Phi) is 7.53. The first-order valence-corrected chi connectivity index (χ1v) is 9.45. The Hall–Kier alpha value is -2.69. The van der Waals surface area contributed by atoms with E-state index in [2.05, 4.69) is 29.2 Å². The highest BCUT2D eigenvalue weighted by Crippen LogP contribution is 2.29. The van der Waals surface area contributed by atoms with E-state index < -0.39 is 0 Å². The van der Waals surface area contributed by atoms with Crippen molar-refractivity contribution in [3.05, 3.63) is 53.6 Å². The minimum Gasteiger partial charge on any atom is -0.490 e. The molecule has 0 saturated heterocycles. The predicted octanol–water partition coefficient (Wildman–Crippen LogP) is 4.21. The second-order valence-corrected chi connectivity index (χ2v) is 6.41. The number of carbonyl (C=O) groups excluding carboxylic acids is 1. The van der Waals surface area contributed by atoms with Gasteiger partial charge in [-0.25, -0.2) is 0 Å². The van der Waals surface area contributed by atoms with Gasteiger partial charge in [0.2, 0.25) is 0 Å². The first-order chi connectivity index (χ1) is 13.0. The van der Waals surface area contributed by atoms with Gasteiger partial charge in [-0.15, -0.1) is 0 Å². The number of nitrogens with zero attached hydrogens (tertiary/aromatic N) is 2. The molecule has 0 unspecified atom stereocenters. The average Bonchev–Trinajstić information content (AvgIpc) is 2.67. The zero-order chi connectivity index (χ0) is 19.8. The Balaban J connectivity index is 2.18. The van der Waals surface area contributed by atoms with E-state index in [1.54, 1.807) is 18.2 Å². The van der Waals surface area contributed by atoms with Crippen LogP contribution in [-0.4, -0.2) is 44.7 Å². The van der Waals surface area contributed by atoms with Crippen molar-refractivity contribution < 1.29 is 14.3 Å². The van der Waals surface area contributed by atoms with E-state index in [-0.39, 0.29) is 5.91 Å². The van der Waals surface area contributed by atoms with Crippen LogP contribution in [0.1, 0.15) is 36.7 Å². The van der Waals surface area contributed by atoms with Crippen LogP contribution in [0.5, 0.6) is 11.5 Å². The van der Waals surface area contributed by atoms with Gasteiger partial charge in [0, 0.05) is 38.4 Å². The average molecular weight is 370 g/mol. The Labute approximate surface area is 162 Å². The molecular formula is C22H30N2O3. The van der Waals surface area contributed by atoms with E-state index in [4.69, 9.17) is 9.47 Å². The van der Waals surface area contributed by atoms with Crippen molar-refractivity contribution in [3.63, 3.8) is 0 Å². The van der Waals surface area contributed by atoms with Crippen molar-refractivity contribution in [2.75, 3.05) is 38.8 Å². The summed E-state index contributed by atoms with van der Waals surface area (Å²) < 4.78 is 11.2. The number of hydrogen-bond acceptors (Lipinski definition) is 4. The van der Waals surface area contributed by atoms with Gasteiger partial charge in [0.15, 0.2) is 11.5 Å². The van der Waals surface area contributed by atoms with Gasteiger partial charge in [-0.3, -0.25) is 4.79 Å². The summed E-state index contributed by atoms with van der Waals surface area (Å²) in [5, 5.41) is 0. The van der Waals surface area contributed by atoms with Gasteiger partial charge in [0.25, 0.3) is 5.91 Å². The summed E-state index contributed by atoms with van der Waals surface area (Å²) >= 11 is 0. The minimum atomic E-state index is -0.0156. The number of carbonyl (C=O) groups is 1. The zero-order valence-corrected chi connectivity index (χ0v) is 17.0. The summed E-state index contributed by atoms with van der Waals surface area (Å²) in [6.07, 6.45) is 0. The minimum absolute atomic E-state index is 0.0156. The van der Waals surface area contributed by atoms with Gasteiger partial charge in [-0.2, -0.15) is 0 Å². The van der Waals surface area contributed by atoms with Crippen molar-refractivity contribution >= 4 is 11.6 Å². The lowest BCUT2D eigenvalue weighted by atomic mass is 10.1. The molecule has 0 aromatic heterocycles. The van der Waals surface area contributed by atoms with Crippen molar-refractivity contribution in [2.45, 2.75) is 27.3 Å². The van der Waals surface area contributed by atoms with Crippen LogP contribution in [0.4, 0.5) is 5.69 Å². The molecule has 2 aromatic rings. The smallest absolute Gasteiger partial charge is 0.254 e. The van der Waals surface area contributed by atoms with E-state index in [1.807, 2.05) is 39.8 Å². The van der Waals surface area contributed by atoms with Crippen LogP contribution in [0, 0.1) is 0 Å². The number of hydrogen-bond donors (Lipinski definition) is 0. The molecule has 0 N–H and O–H groups in total. The highest BCUT2D eigenvalue weighted by atomic mass is 16.5. The van der Waals surface area contributed by atoms with Gasteiger partial charge in [0.1, 0.15) is 0 Å². The van der Waals surface area contributed by atoms with E-state index in [9.17, 15) is 4.79 Å². The van der Waals surface area contributed by atoms with Crippen LogP contribution in [0.25, 0.3) is 0 Å². The summed E-state index contributed by atoms with van der Waals surface area (Å²) in [6.45, 7) is 8.11. The summed E-state index contributed by atoms with van der Waals surface area (Å²) in [6, 6.07) is 13.6. The first-order valence-electron chi connectivity index (χ1n) is 9.45. The maximum absolute atomic E-state index is 13.0. The van der Waals surface area contributed by atoms with Gasteiger partial charge in [-0.05, 0) is 56.7 Å². The molecule has 146 valence electrons. The first kappa shape index (κ1) is 20.6. The molecule has 0 aliphatic carbocycles. The van der Waals surface area contributed by atoms with E-state index in [1.165, 1.54) is 0 Å². The molecule has 0 bridgehead atoms. The summed E-state index contributed by atoms with van der Waals surface area (Å²) in [4.78, 5) is 16.9. The van der Waals surface area contributed by atoms with Gasteiger partial charge in [0.05, 0.1) is 13.2 Å². The molecule has 2 aromatic carbocycles. The zero-order valence-electron chi connectivity index (χ0n) is 17.0. The Bertz CT molecular complexity index is 742. The number of anilines is 1. The molecule has 0 atom stereocenters. The molecule has 0 aliphatic heterocycles.